The molecule has 0 saturated heterocycles. The number of carbonyl (C=O) groups excluding carboxylic acids is 4. The predicted molar refractivity (Wildman–Crippen MR) is 120 cm³/mol. The van der Waals surface area contributed by atoms with E-state index in [1.54, 1.807) is 12.1 Å². The molecule has 0 saturated carbocycles. The SMILES string of the molecule is CCOc1ccc(C(=O)NCC(=O)OC(C)C(=O)Nc2ccc(C(N)=O)cc2)cc1OCC. The molecule has 10 nitrogen and oxygen atoms in total. The number of rotatable bonds is 11. The van der Waals surface area contributed by atoms with Gasteiger partial charge in [-0.25, -0.2) is 0 Å². The van der Waals surface area contributed by atoms with E-state index < -0.39 is 36.3 Å². The Labute approximate surface area is 191 Å². The molecule has 0 aliphatic carbocycles. The minimum Gasteiger partial charge on any atom is -0.490 e. The van der Waals surface area contributed by atoms with E-state index in [0.29, 0.717) is 36.0 Å². The van der Waals surface area contributed by atoms with Crippen molar-refractivity contribution in [3.8, 4) is 11.5 Å². The lowest BCUT2D eigenvalue weighted by Gasteiger charge is -2.14. The maximum Gasteiger partial charge on any atom is 0.326 e. The maximum absolute atomic E-state index is 12.4. The van der Waals surface area contributed by atoms with Gasteiger partial charge in [-0.2, -0.15) is 0 Å². The summed E-state index contributed by atoms with van der Waals surface area (Å²) >= 11 is 0. The van der Waals surface area contributed by atoms with Crippen molar-refractivity contribution in [1.82, 2.24) is 5.32 Å². The molecule has 0 heterocycles. The lowest BCUT2D eigenvalue weighted by atomic mass is 10.2. The van der Waals surface area contributed by atoms with Crippen LogP contribution in [0.15, 0.2) is 42.5 Å². The quantitative estimate of drug-likeness (QED) is 0.437. The second-order valence-electron chi connectivity index (χ2n) is 6.77. The Morgan fingerprint density at radius 3 is 2.12 bits per heavy atom. The zero-order chi connectivity index (χ0) is 24.4. The average Bonchev–Trinajstić information content (AvgIpc) is 2.79. The fourth-order valence-corrected chi connectivity index (χ4v) is 2.70. The molecule has 0 aliphatic rings. The molecule has 0 spiro atoms. The van der Waals surface area contributed by atoms with Crippen molar-refractivity contribution in [1.29, 1.82) is 0 Å². The summed E-state index contributed by atoms with van der Waals surface area (Å²) < 4.78 is 16.0. The fraction of sp³-hybridized carbons (Fsp3) is 0.304. The first-order chi connectivity index (χ1) is 15.7. The van der Waals surface area contributed by atoms with Crippen molar-refractivity contribution < 1.29 is 33.4 Å². The number of carbonyl (C=O) groups is 4. The standard InChI is InChI=1S/C23H27N3O7/c1-4-31-18-11-8-16(12-19(18)32-5-2)23(30)25-13-20(27)33-14(3)22(29)26-17-9-6-15(7-10-17)21(24)28/h6-12,14H,4-5,13H2,1-3H3,(H2,24,28)(H,25,30)(H,26,29). The van der Waals surface area contributed by atoms with Crippen molar-refractivity contribution in [2.24, 2.45) is 5.73 Å². The zero-order valence-electron chi connectivity index (χ0n) is 18.7. The topological polar surface area (TPSA) is 146 Å². The van der Waals surface area contributed by atoms with Crippen LogP contribution in [0.25, 0.3) is 0 Å². The lowest BCUT2D eigenvalue weighted by molar-refractivity contribution is -0.152. The lowest BCUT2D eigenvalue weighted by Crippen LogP contribution is -2.35. The number of anilines is 1. The van der Waals surface area contributed by atoms with Crippen LogP contribution in [0.3, 0.4) is 0 Å². The summed E-state index contributed by atoms with van der Waals surface area (Å²) in [5, 5.41) is 5.00. The van der Waals surface area contributed by atoms with Gasteiger partial charge >= 0.3 is 5.97 Å². The van der Waals surface area contributed by atoms with Crippen LogP contribution in [0.5, 0.6) is 11.5 Å². The van der Waals surface area contributed by atoms with E-state index in [4.69, 9.17) is 19.9 Å². The molecule has 0 aromatic heterocycles. The Kier molecular flexibility index (Phi) is 9.22. The number of amides is 3. The number of ether oxygens (including phenoxy) is 3. The van der Waals surface area contributed by atoms with E-state index in [1.807, 2.05) is 13.8 Å². The summed E-state index contributed by atoms with van der Waals surface area (Å²) in [5.74, 6) is -1.53. The van der Waals surface area contributed by atoms with Crippen LogP contribution in [-0.2, 0) is 14.3 Å². The van der Waals surface area contributed by atoms with Gasteiger partial charge in [0, 0.05) is 16.8 Å². The summed E-state index contributed by atoms with van der Waals surface area (Å²) in [5.41, 5.74) is 6.15. The number of benzene rings is 2. The first-order valence-corrected chi connectivity index (χ1v) is 10.3. The summed E-state index contributed by atoms with van der Waals surface area (Å²) in [6.07, 6.45) is -1.11. The van der Waals surface area contributed by atoms with E-state index in [9.17, 15) is 19.2 Å². The minimum atomic E-state index is -1.11. The van der Waals surface area contributed by atoms with E-state index in [2.05, 4.69) is 10.6 Å². The third kappa shape index (κ3) is 7.53. The van der Waals surface area contributed by atoms with Crippen LogP contribution < -0.4 is 25.8 Å². The van der Waals surface area contributed by atoms with E-state index in [-0.39, 0.29) is 5.56 Å². The Morgan fingerprint density at radius 2 is 1.52 bits per heavy atom. The Bertz CT molecular complexity index is 1010. The van der Waals surface area contributed by atoms with Gasteiger partial charge in [0.05, 0.1) is 13.2 Å². The highest BCUT2D eigenvalue weighted by atomic mass is 16.5. The van der Waals surface area contributed by atoms with Crippen LogP contribution in [0, 0.1) is 0 Å². The zero-order valence-corrected chi connectivity index (χ0v) is 18.7. The third-order valence-electron chi connectivity index (χ3n) is 4.31. The maximum atomic E-state index is 12.4. The molecule has 2 aromatic carbocycles. The fourth-order valence-electron chi connectivity index (χ4n) is 2.70. The molecule has 33 heavy (non-hydrogen) atoms. The summed E-state index contributed by atoms with van der Waals surface area (Å²) in [7, 11) is 0. The first kappa shape index (κ1) is 25.2. The van der Waals surface area contributed by atoms with Gasteiger partial charge in [-0.1, -0.05) is 0 Å². The first-order valence-electron chi connectivity index (χ1n) is 10.3. The molecule has 0 fully saturated rings. The van der Waals surface area contributed by atoms with Gasteiger partial charge in [0.25, 0.3) is 11.8 Å². The van der Waals surface area contributed by atoms with Gasteiger partial charge < -0.3 is 30.6 Å². The van der Waals surface area contributed by atoms with E-state index >= 15 is 0 Å². The highest BCUT2D eigenvalue weighted by Gasteiger charge is 2.19. The number of primary amides is 1. The number of hydrogen-bond acceptors (Lipinski definition) is 7. The van der Waals surface area contributed by atoms with E-state index in [1.165, 1.54) is 37.3 Å². The molecule has 3 amide bonds. The molecule has 176 valence electrons. The second kappa shape index (κ2) is 12.1. The van der Waals surface area contributed by atoms with Gasteiger partial charge in [-0.05, 0) is 63.2 Å². The summed E-state index contributed by atoms with van der Waals surface area (Å²) in [4.78, 5) is 47.7. The Morgan fingerprint density at radius 1 is 0.909 bits per heavy atom. The van der Waals surface area contributed by atoms with Crippen molar-refractivity contribution in [2.75, 3.05) is 25.1 Å². The second-order valence-corrected chi connectivity index (χ2v) is 6.77. The molecule has 2 rings (SSSR count). The highest BCUT2D eigenvalue weighted by molar-refractivity contribution is 5.98. The molecule has 0 bridgehead atoms. The number of nitrogens with two attached hydrogens (primary N) is 1. The van der Waals surface area contributed by atoms with Gasteiger partial charge in [-0.15, -0.1) is 0 Å². The molecular weight excluding hydrogens is 430 g/mol. The Balaban J connectivity index is 1.87. The number of esters is 1. The molecule has 10 heteroatoms. The molecular formula is C23H27N3O7. The van der Waals surface area contributed by atoms with Gasteiger partial charge in [-0.3, -0.25) is 19.2 Å². The summed E-state index contributed by atoms with van der Waals surface area (Å²) in [6.45, 7) is 5.46. The van der Waals surface area contributed by atoms with E-state index in [0.717, 1.165) is 0 Å². The van der Waals surface area contributed by atoms with Crippen LogP contribution in [0.1, 0.15) is 41.5 Å². The largest absolute Gasteiger partial charge is 0.490 e. The van der Waals surface area contributed by atoms with Crippen molar-refractivity contribution in [3.63, 3.8) is 0 Å². The van der Waals surface area contributed by atoms with Gasteiger partial charge in [0.15, 0.2) is 17.6 Å². The smallest absolute Gasteiger partial charge is 0.326 e. The number of nitrogens with one attached hydrogen (secondary N) is 2. The van der Waals surface area contributed by atoms with Gasteiger partial charge in [0.2, 0.25) is 5.91 Å². The highest BCUT2D eigenvalue weighted by Crippen LogP contribution is 2.28. The van der Waals surface area contributed by atoms with Crippen molar-refractivity contribution in [2.45, 2.75) is 26.9 Å². The van der Waals surface area contributed by atoms with Crippen LogP contribution in [-0.4, -0.2) is 49.6 Å². The van der Waals surface area contributed by atoms with Crippen LogP contribution >= 0.6 is 0 Å². The molecule has 1 unspecified atom stereocenters. The molecule has 2 aromatic rings. The van der Waals surface area contributed by atoms with Crippen LogP contribution in [0.2, 0.25) is 0 Å². The molecule has 4 N–H and O–H groups in total. The predicted octanol–water partition coefficient (Wildman–Crippen LogP) is 1.88. The monoisotopic (exact) mass is 457 g/mol. The summed E-state index contributed by atoms with van der Waals surface area (Å²) in [6, 6.07) is 10.6. The molecule has 0 radical (unpaired) electrons. The third-order valence-corrected chi connectivity index (χ3v) is 4.31. The van der Waals surface area contributed by atoms with Crippen molar-refractivity contribution in [3.05, 3.63) is 53.6 Å². The average molecular weight is 457 g/mol. The normalized spacial score (nSPS) is 11.1. The van der Waals surface area contributed by atoms with Gasteiger partial charge in [0.1, 0.15) is 6.54 Å². The van der Waals surface area contributed by atoms with Crippen LogP contribution in [0.4, 0.5) is 5.69 Å². The number of hydrogen-bond donors (Lipinski definition) is 3. The van der Waals surface area contributed by atoms with Crippen molar-refractivity contribution >= 4 is 29.4 Å². The Hall–Kier alpha value is -4.08. The molecule has 1 atom stereocenters. The minimum absolute atomic E-state index is 0.278. The molecule has 0 aliphatic heterocycles.